The van der Waals surface area contributed by atoms with Crippen molar-refractivity contribution in [1.29, 1.82) is 0 Å². The van der Waals surface area contributed by atoms with Gasteiger partial charge in [0.1, 0.15) is 5.60 Å². The Morgan fingerprint density at radius 1 is 0.673 bits per heavy atom. The molecule has 0 saturated heterocycles. The van der Waals surface area contributed by atoms with Crippen molar-refractivity contribution >= 4 is 6.09 Å². The molecule has 0 radical (unpaired) electrons. The predicted octanol–water partition coefficient (Wildman–Crippen LogP) is 7.92. The van der Waals surface area contributed by atoms with Gasteiger partial charge in [0.15, 0.2) is 0 Å². The number of rotatable bonds is 16. The van der Waals surface area contributed by atoms with Gasteiger partial charge in [-0.15, -0.1) is 0 Å². The minimum absolute atomic E-state index is 0.0290. The van der Waals surface area contributed by atoms with Crippen molar-refractivity contribution in [1.82, 2.24) is 19.7 Å². The maximum atomic E-state index is 13.5. The van der Waals surface area contributed by atoms with Crippen LogP contribution < -0.4 is 0 Å². The molecule has 0 unspecified atom stereocenters. The molecule has 262 valence electrons. The SMILES string of the molecule is CC(C)(C)OC(=O)N(CCCO)CCN(Cc1ccccc1)Cc1cccc(CN(Cc2ccccc2)Cc2cccc(C(F)(F)F)c2)n1. The number of benzene rings is 3. The molecule has 0 saturated carbocycles. The number of pyridine rings is 1. The Morgan fingerprint density at radius 2 is 1.20 bits per heavy atom. The number of carbonyl (C=O) groups is 1. The Labute approximate surface area is 288 Å². The molecule has 0 atom stereocenters. The van der Waals surface area contributed by atoms with E-state index in [0.717, 1.165) is 28.6 Å². The van der Waals surface area contributed by atoms with Crippen LogP contribution in [0.4, 0.5) is 18.0 Å². The van der Waals surface area contributed by atoms with E-state index in [1.54, 1.807) is 11.0 Å². The van der Waals surface area contributed by atoms with Crippen LogP contribution in [0.5, 0.6) is 0 Å². The summed E-state index contributed by atoms with van der Waals surface area (Å²) in [5.74, 6) is 0. The van der Waals surface area contributed by atoms with Crippen LogP contribution in [-0.4, -0.2) is 62.7 Å². The van der Waals surface area contributed by atoms with Crippen molar-refractivity contribution in [2.24, 2.45) is 0 Å². The molecular formula is C39H47F3N4O3. The topological polar surface area (TPSA) is 69.1 Å². The number of aliphatic hydroxyl groups excluding tert-OH is 1. The molecule has 3 aromatic carbocycles. The van der Waals surface area contributed by atoms with E-state index in [9.17, 15) is 23.1 Å². The van der Waals surface area contributed by atoms with Crippen LogP contribution in [0.15, 0.2) is 103 Å². The number of hydrogen-bond donors (Lipinski definition) is 1. The van der Waals surface area contributed by atoms with Crippen LogP contribution >= 0.6 is 0 Å². The van der Waals surface area contributed by atoms with E-state index in [-0.39, 0.29) is 6.61 Å². The largest absolute Gasteiger partial charge is 0.444 e. The molecule has 1 aromatic heterocycles. The lowest BCUT2D eigenvalue weighted by molar-refractivity contribution is -0.137. The number of halogens is 3. The normalized spacial score (nSPS) is 12.0. The summed E-state index contributed by atoms with van der Waals surface area (Å²) < 4.78 is 46.1. The zero-order valence-electron chi connectivity index (χ0n) is 28.6. The zero-order valence-corrected chi connectivity index (χ0v) is 28.6. The lowest BCUT2D eigenvalue weighted by Crippen LogP contribution is -2.42. The highest BCUT2D eigenvalue weighted by Crippen LogP contribution is 2.30. The van der Waals surface area contributed by atoms with Crippen molar-refractivity contribution < 1.29 is 27.8 Å². The summed E-state index contributed by atoms with van der Waals surface area (Å²) >= 11 is 0. The number of carbonyl (C=O) groups excluding carboxylic acids is 1. The van der Waals surface area contributed by atoms with Gasteiger partial charge in [0.2, 0.25) is 0 Å². The molecule has 4 rings (SSSR count). The summed E-state index contributed by atoms with van der Waals surface area (Å²) in [5, 5.41) is 9.45. The van der Waals surface area contributed by atoms with Crippen LogP contribution in [-0.2, 0) is 43.6 Å². The molecule has 1 N–H and O–H groups in total. The Hall–Kier alpha value is -4.25. The fourth-order valence-electron chi connectivity index (χ4n) is 5.48. The Morgan fingerprint density at radius 3 is 1.78 bits per heavy atom. The fraction of sp³-hybridized carbons (Fsp3) is 0.385. The minimum Gasteiger partial charge on any atom is -0.444 e. The van der Waals surface area contributed by atoms with Gasteiger partial charge in [0.05, 0.1) is 17.0 Å². The van der Waals surface area contributed by atoms with Gasteiger partial charge in [-0.2, -0.15) is 13.2 Å². The molecule has 7 nitrogen and oxygen atoms in total. The maximum absolute atomic E-state index is 13.5. The van der Waals surface area contributed by atoms with Crippen molar-refractivity contribution in [2.45, 2.75) is 71.7 Å². The minimum atomic E-state index is -4.41. The quantitative estimate of drug-likeness (QED) is 0.130. The Balaban J connectivity index is 1.53. The van der Waals surface area contributed by atoms with E-state index < -0.39 is 23.4 Å². The first-order valence-electron chi connectivity index (χ1n) is 16.6. The third-order valence-electron chi connectivity index (χ3n) is 7.72. The lowest BCUT2D eigenvalue weighted by atomic mass is 10.1. The molecule has 0 aliphatic rings. The molecule has 0 bridgehead atoms. The molecular weight excluding hydrogens is 629 g/mol. The van der Waals surface area contributed by atoms with Gasteiger partial charge in [0.25, 0.3) is 0 Å². The van der Waals surface area contributed by atoms with Gasteiger partial charge < -0.3 is 14.7 Å². The summed E-state index contributed by atoms with van der Waals surface area (Å²) in [5.41, 5.74) is 3.09. The molecule has 0 aliphatic heterocycles. The van der Waals surface area contributed by atoms with Gasteiger partial charge in [-0.3, -0.25) is 14.8 Å². The molecule has 0 spiro atoms. The first kappa shape index (κ1) is 37.6. The first-order valence-corrected chi connectivity index (χ1v) is 16.6. The molecule has 1 heterocycles. The van der Waals surface area contributed by atoms with E-state index in [0.29, 0.717) is 64.3 Å². The number of aliphatic hydroxyl groups is 1. The number of amides is 1. The second-order valence-electron chi connectivity index (χ2n) is 13.2. The Kier molecular flexibility index (Phi) is 13.8. The smallest absolute Gasteiger partial charge is 0.416 e. The lowest BCUT2D eigenvalue weighted by Gasteiger charge is -2.30. The van der Waals surface area contributed by atoms with E-state index in [1.807, 2.05) is 87.5 Å². The van der Waals surface area contributed by atoms with Crippen LogP contribution in [0, 0.1) is 0 Å². The maximum Gasteiger partial charge on any atom is 0.416 e. The van der Waals surface area contributed by atoms with Crippen molar-refractivity contribution in [3.63, 3.8) is 0 Å². The predicted molar refractivity (Wildman–Crippen MR) is 185 cm³/mol. The highest BCUT2D eigenvalue weighted by molar-refractivity contribution is 5.68. The summed E-state index contributed by atoms with van der Waals surface area (Å²) in [7, 11) is 0. The van der Waals surface area contributed by atoms with Crippen LogP contribution in [0.25, 0.3) is 0 Å². The van der Waals surface area contributed by atoms with Crippen LogP contribution in [0.2, 0.25) is 0 Å². The van der Waals surface area contributed by atoms with Crippen LogP contribution in [0.3, 0.4) is 0 Å². The molecule has 10 heteroatoms. The van der Waals surface area contributed by atoms with E-state index in [1.165, 1.54) is 12.1 Å². The zero-order chi connectivity index (χ0) is 35.3. The second-order valence-corrected chi connectivity index (χ2v) is 13.2. The van der Waals surface area contributed by atoms with Gasteiger partial charge >= 0.3 is 12.3 Å². The average Bonchev–Trinajstić information content (AvgIpc) is 3.05. The molecule has 49 heavy (non-hydrogen) atoms. The fourth-order valence-corrected chi connectivity index (χ4v) is 5.48. The standard InChI is InChI=1S/C39H47F3N4O3/c1-38(2,3)49-37(48)46(21-12-24-47)23-22-44(26-31-13-6-4-7-14-31)29-35-19-11-20-36(43-35)30-45(27-32-15-8-5-9-16-32)28-33-17-10-18-34(25-33)39(40,41)42/h4-11,13-20,25,47H,12,21-24,26-30H2,1-3H3. The van der Waals surface area contributed by atoms with E-state index in [4.69, 9.17) is 9.72 Å². The molecule has 0 aliphatic carbocycles. The second kappa shape index (κ2) is 17.9. The third-order valence-corrected chi connectivity index (χ3v) is 7.72. The highest BCUT2D eigenvalue weighted by Gasteiger charge is 2.30. The van der Waals surface area contributed by atoms with Crippen molar-refractivity contribution in [3.05, 3.63) is 137 Å². The summed E-state index contributed by atoms with van der Waals surface area (Å²) in [6.07, 6.45) is -4.38. The van der Waals surface area contributed by atoms with Crippen molar-refractivity contribution in [3.8, 4) is 0 Å². The van der Waals surface area contributed by atoms with Gasteiger partial charge in [-0.05, 0) is 62.1 Å². The highest BCUT2D eigenvalue weighted by atomic mass is 19.4. The van der Waals surface area contributed by atoms with E-state index in [2.05, 4.69) is 21.9 Å². The number of alkyl halides is 3. The van der Waals surface area contributed by atoms with Crippen LogP contribution in [0.1, 0.15) is 60.8 Å². The summed E-state index contributed by atoms with van der Waals surface area (Å²) in [6.45, 7) is 9.22. The first-order chi connectivity index (χ1) is 23.4. The monoisotopic (exact) mass is 676 g/mol. The molecule has 4 aromatic rings. The number of ether oxygens (including phenoxy) is 1. The summed E-state index contributed by atoms with van der Waals surface area (Å²) in [4.78, 5) is 24.0. The van der Waals surface area contributed by atoms with E-state index >= 15 is 0 Å². The molecule has 0 fully saturated rings. The summed E-state index contributed by atoms with van der Waals surface area (Å²) in [6, 6.07) is 31.3. The number of hydrogen-bond acceptors (Lipinski definition) is 6. The van der Waals surface area contributed by atoms with Gasteiger partial charge in [-0.1, -0.05) is 84.9 Å². The van der Waals surface area contributed by atoms with Gasteiger partial charge in [0, 0.05) is 59.0 Å². The number of aromatic nitrogens is 1. The Bertz CT molecular complexity index is 1580. The average molecular weight is 677 g/mol. The molecule has 1 amide bonds. The van der Waals surface area contributed by atoms with Gasteiger partial charge in [-0.25, -0.2) is 4.79 Å². The third kappa shape index (κ3) is 13.3. The number of nitrogens with zero attached hydrogens (tertiary/aromatic N) is 4. The van der Waals surface area contributed by atoms with Crippen molar-refractivity contribution in [2.75, 3.05) is 26.2 Å².